The van der Waals surface area contributed by atoms with Gasteiger partial charge in [0.15, 0.2) is 0 Å². The molecule has 2 aromatic heterocycles. The number of furan rings is 1. The Hall–Kier alpha value is -2.85. The zero-order chi connectivity index (χ0) is 17.4. The number of rotatable bonds is 4. The first-order valence-corrected chi connectivity index (χ1v) is 8.39. The molecule has 2 N–H and O–H groups in total. The second-order valence-corrected chi connectivity index (χ2v) is 6.63. The van der Waals surface area contributed by atoms with E-state index >= 15 is 0 Å². The summed E-state index contributed by atoms with van der Waals surface area (Å²) in [6, 6.07) is 16.1. The van der Waals surface area contributed by atoms with Crippen molar-refractivity contribution in [2.24, 2.45) is 5.92 Å². The van der Waals surface area contributed by atoms with Gasteiger partial charge in [0.25, 0.3) is 0 Å². The molecule has 0 aliphatic carbocycles. The lowest BCUT2D eigenvalue weighted by Gasteiger charge is -2.31. The van der Waals surface area contributed by atoms with Crippen LogP contribution in [0.25, 0.3) is 22.1 Å². The van der Waals surface area contributed by atoms with Crippen LogP contribution < -0.4 is 0 Å². The van der Waals surface area contributed by atoms with E-state index in [9.17, 15) is 5.11 Å². The number of imidazole rings is 1. The Bertz CT molecular complexity index is 988. The molecule has 0 saturated carbocycles. The zero-order valence-electron chi connectivity index (χ0n) is 14.2. The maximum Gasteiger partial charge on any atom is 0.135 e. The minimum Gasteiger partial charge on any atom is -0.464 e. The Labute approximate surface area is 146 Å². The summed E-state index contributed by atoms with van der Waals surface area (Å²) < 4.78 is 5.48. The molecule has 2 aromatic carbocycles. The molecule has 1 atom stereocenters. The lowest BCUT2D eigenvalue weighted by atomic mass is 9.80. The number of H-pyrrole nitrogens is 1. The van der Waals surface area contributed by atoms with E-state index in [4.69, 9.17) is 4.42 Å². The maximum atomic E-state index is 11.4. The SMILES string of the molecule is CC(C)C(O)(c1ccc2cc(-c3ccco3)ccc2c1)c1c[nH]cn1. The fourth-order valence-electron chi connectivity index (χ4n) is 3.32. The van der Waals surface area contributed by atoms with Gasteiger partial charge in [-0.05, 0) is 46.5 Å². The summed E-state index contributed by atoms with van der Waals surface area (Å²) in [5, 5.41) is 13.6. The van der Waals surface area contributed by atoms with Gasteiger partial charge in [0, 0.05) is 11.8 Å². The maximum absolute atomic E-state index is 11.4. The summed E-state index contributed by atoms with van der Waals surface area (Å²) >= 11 is 0. The van der Waals surface area contributed by atoms with Crippen molar-refractivity contribution in [1.82, 2.24) is 9.97 Å². The molecule has 0 aliphatic heterocycles. The van der Waals surface area contributed by atoms with Crippen molar-refractivity contribution in [1.29, 1.82) is 0 Å². The highest BCUT2D eigenvalue weighted by molar-refractivity contribution is 5.87. The summed E-state index contributed by atoms with van der Waals surface area (Å²) in [4.78, 5) is 7.23. The average Bonchev–Trinajstić information content (AvgIpc) is 3.33. The first-order valence-electron chi connectivity index (χ1n) is 8.39. The second kappa shape index (κ2) is 5.90. The number of nitrogens with zero attached hydrogens (tertiary/aromatic N) is 1. The first-order chi connectivity index (χ1) is 12.1. The third kappa shape index (κ3) is 2.55. The molecule has 4 heteroatoms. The minimum absolute atomic E-state index is 0.0179. The molecule has 0 spiro atoms. The smallest absolute Gasteiger partial charge is 0.135 e. The fraction of sp³-hybridized carbons (Fsp3) is 0.190. The van der Waals surface area contributed by atoms with E-state index in [0.717, 1.165) is 27.7 Å². The average molecular weight is 332 g/mol. The van der Waals surface area contributed by atoms with Gasteiger partial charge in [-0.1, -0.05) is 38.1 Å². The number of hydrogen-bond donors (Lipinski definition) is 2. The number of aromatic amines is 1. The monoisotopic (exact) mass is 332 g/mol. The van der Waals surface area contributed by atoms with Gasteiger partial charge in [-0.2, -0.15) is 0 Å². The van der Waals surface area contributed by atoms with Gasteiger partial charge in [-0.15, -0.1) is 0 Å². The first kappa shape index (κ1) is 15.7. The molecule has 4 aromatic rings. The van der Waals surface area contributed by atoms with E-state index in [1.54, 1.807) is 18.8 Å². The molecule has 25 heavy (non-hydrogen) atoms. The third-order valence-electron chi connectivity index (χ3n) is 4.81. The van der Waals surface area contributed by atoms with Crippen LogP contribution in [0, 0.1) is 5.92 Å². The molecule has 0 amide bonds. The molecular weight excluding hydrogens is 312 g/mol. The van der Waals surface area contributed by atoms with E-state index in [1.165, 1.54) is 0 Å². The molecule has 2 heterocycles. The lowest BCUT2D eigenvalue weighted by Crippen LogP contribution is -2.33. The summed E-state index contributed by atoms with van der Waals surface area (Å²) in [6.45, 7) is 4.00. The molecule has 0 fully saturated rings. The van der Waals surface area contributed by atoms with Crippen molar-refractivity contribution in [3.8, 4) is 11.3 Å². The van der Waals surface area contributed by atoms with E-state index in [1.807, 2.05) is 50.2 Å². The third-order valence-corrected chi connectivity index (χ3v) is 4.81. The molecule has 0 saturated heterocycles. The summed E-state index contributed by atoms with van der Waals surface area (Å²) in [5.41, 5.74) is 1.38. The minimum atomic E-state index is -1.13. The zero-order valence-corrected chi connectivity index (χ0v) is 14.2. The quantitative estimate of drug-likeness (QED) is 0.568. The molecule has 0 aliphatic rings. The van der Waals surface area contributed by atoms with Crippen molar-refractivity contribution in [3.63, 3.8) is 0 Å². The Morgan fingerprint density at radius 2 is 1.88 bits per heavy atom. The molecule has 4 nitrogen and oxygen atoms in total. The van der Waals surface area contributed by atoms with Gasteiger partial charge in [-0.25, -0.2) is 4.98 Å². The van der Waals surface area contributed by atoms with Crippen molar-refractivity contribution in [2.75, 3.05) is 0 Å². The highest BCUT2D eigenvalue weighted by Gasteiger charge is 2.37. The molecule has 0 bridgehead atoms. The summed E-state index contributed by atoms with van der Waals surface area (Å²) in [7, 11) is 0. The van der Waals surface area contributed by atoms with Crippen molar-refractivity contribution < 1.29 is 9.52 Å². The lowest BCUT2D eigenvalue weighted by molar-refractivity contribution is 0.0281. The van der Waals surface area contributed by atoms with Gasteiger partial charge < -0.3 is 14.5 Å². The van der Waals surface area contributed by atoms with Crippen molar-refractivity contribution in [2.45, 2.75) is 19.4 Å². The molecule has 0 radical (unpaired) electrons. The van der Waals surface area contributed by atoms with Crippen molar-refractivity contribution in [3.05, 3.63) is 78.6 Å². The summed E-state index contributed by atoms with van der Waals surface area (Å²) in [5.74, 6) is 0.830. The van der Waals surface area contributed by atoms with Crippen LogP contribution in [0.3, 0.4) is 0 Å². The van der Waals surface area contributed by atoms with Gasteiger partial charge in [-0.3, -0.25) is 0 Å². The number of aliphatic hydroxyl groups is 1. The van der Waals surface area contributed by atoms with E-state index in [-0.39, 0.29) is 5.92 Å². The van der Waals surface area contributed by atoms with Crippen LogP contribution in [0.2, 0.25) is 0 Å². The highest BCUT2D eigenvalue weighted by Crippen LogP contribution is 2.37. The normalized spacial score (nSPS) is 14.1. The second-order valence-electron chi connectivity index (χ2n) is 6.63. The predicted molar refractivity (Wildman–Crippen MR) is 98.1 cm³/mol. The van der Waals surface area contributed by atoms with E-state index in [0.29, 0.717) is 5.69 Å². The van der Waals surface area contributed by atoms with Gasteiger partial charge in [0.1, 0.15) is 11.4 Å². The van der Waals surface area contributed by atoms with Crippen molar-refractivity contribution >= 4 is 10.8 Å². The Balaban J connectivity index is 1.82. The van der Waals surface area contributed by atoms with Crippen LogP contribution >= 0.6 is 0 Å². The largest absolute Gasteiger partial charge is 0.464 e. The number of benzene rings is 2. The molecule has 126 valence electrons. The van der Waals surface area contributed by atoms with Gasteiger partial charge >= 0.3 is 0 Å². The predicted octanol–water partition coefficient (Wildman–Crippen LogP) is 4.71. The van der Waals surface area contributed by atoms with Crippen LogP contribution in [0.5, 0.6) is 0 Å². The number of hydrogen-bond acceptors (Lipinski definition) is 3. The van der Waals surface area contributed by atoms with Gasteiger partial charge in [0.2, 0.25) is 0 Å². The van der Waals surface area contributed by atoms with E-state index in [2.05, 4.69) is 22.1 Å². The Morgan fingerprint density at radius 1 is 1.08 bits per heavy atom. The Kier molecular flexibility index (Phi) is 3.70. The van der Waals surface area contributed by atoms with Crippen LogP contribution in [0.1, 0.15) is 25.1 Å². The topological polar surface area (TPSA) is 62.1 Å². The number of aromatic nitrogens is 2. The highest BCUT2D eigenvalue weighted by atomic mass is 16.3. The number of fused-ring (bicyclic) bond motifs is 1. The number of nitrogens with one attached hydrogen (secondary N) is 1. The standard InChI is InChI=1S/C21H20N2O2/c1-14(2)21(24,20-12-22-13-23-20)18-8-7-15-10-17(6-5-16(15)11-18)19-4-3-9-25-19/h3-14,24H,1-2H3,(H,22,23). The van der Waals surface area contributed by atoms with Crippen LogP contribution in [-0.4, -0.2) is 15.1 Å². The van der Waals surface area contributed by atoms with E-state index < -0.39 is 5.60 Å². The molecule has 4 rings (SSSR count). The Morgan fingerprint density at radius 3 is 2.56 bits per heavy atom. The van der Waals surface area contributed by atoms with Crippen LogP contribution in [-0.2, 0) is 5.60 Å². The van der Waals surface area contributed by atoms with Crippen LogP contribution in [0.15, 0.2) is 71.7 Å². The molecular formula is C21H20N2O2. The summed E-state index contributed by atoms with van der Waals surface area (Å²) in [6.07, 6.45) is 5.03. The van der Waals surface area contributed by atoms with Crippen LogP contribution in [0.4, 0.5) is 0 Å². The fourth-order valence-corrected chi connectivity index (χ4v) is 3.32. The molecule has 1 unspecified atom stereocenters. The van der Waals surface area contributed by atoms with Gasteiger partial charge in [0.05, 0.1) is 18.3 Å².